The zero-order chi connectivity index (χ0) is 18.4. The number of aliphatic carboxylic acids is 1. The fraction of sp³-hybridized carbons (Fsp3) is 0.667. The van der Waals surface area contributed by atoms with Gasteiger partial charge in [-0.15, -0.1) is 0 Å². The molecule has 1 aliphatic carbocycles. The summed E-state index contributed by atoms with van der Waals surface area (Å²) in [7, 11) is 0. The second-order valence-corrected chi connectivity index (χ2v) is 7.64. The number of carbonyl (C=O) groups is 1. The molecule has 1 heterocycles. The molecule has 1 atom stereocenters. The molecule has 26 heavy (non-hydrogen) atoms. The first-order valence-corrected chi connectivity index (χ1v) is 9.91. The van der Waals surface area contributed by atoms with E-state index in [2.05, 4.69) is 24.0 Å². The van der Waals surface area contributed by atoms with E-state index in [0.717, 1.165) is 25.4 Å². The van der Waals surface area contributed by atoms with E-state index < -0.39 is 5.97 Å². The first-order chi connectivity index (χ1) is 12.6. The minimum absolute atomic E-state index is 0.00457. The van der Waals surface area contributed by atoms with Crippen LogP contribution in [0.4, 0.5) is 0 Å². The molecule has 0 aromatic heterocycles. The van der Waals surface area contributed by atoms with Crippen LogP contribution in [0.5, 0.6) is 5.75 Å². The number of hydrogen-bond acceptors (Lipinski definition) is 4. The summed E-state index contributed by atoms with van der Waals surface area (Å²) in [5, 5.41) is 8.87. The van der Waals surface area contributed by atoms with Gasteiger partial charge in [-0.3, -0.25) is 9.69 Å². The zero-order valence-corrected chi connectivity index (χ0v) is 15.8. The average Bonchev–Trinajstić information content (AvgIpc) is 2.66. The number of rotatable bonds is 7. The van der Waals surface area contributed by atoms with Crippen molar-refractivity contribution in [3.8, 4) is 5.75 Å². The number of carboxylic acid groups (broad SMARTS) is 1. The molecule has 2 fully saturated rings. The highest BCUT2D eigenvalue weighted by Crippen LogP contribution is 2.29. The van der Waals surface area contributed by atoms with Crippen LogP contribution in [0, 0.1) is 12.8 Å². The Labute approximate surface area is 156 Å². The summed E-state index contributed by atoms with van der Waals surface area (Å²) in [6, 6.07) is 6.26. The van der Waals surface area contributed by atoms with Crippen molar-refractivity contribution < 1.29 is 19.4 Å². The van der Waals surface area contributed by atoms with E-state index in [-0.39, 0.29) is 12.5 Å². The summed E-state index contributed by atoms with van der Waals surface area (Å²) >= 11 is 0. The van der Waals surface area contributed by atoms with Crippen LogP contribution in [0.15, 0.2) is 18.2 Å². The normalized spacial score (nSPS) is 22.3. The molecule has 1 aromatic rings. The maximum Gasteiger partial charge on any atom is 0.304 e. The molecule has 0 spiro atoms. The smallest absolute Gasteiger partial charge is 0.304 e. The van der Waals surface area contributed by atoms with Crippen molar-refractivity contribution >= 4 is 5.97 Å². The molecule has 5 heteroatoms. The fourth-order valence-corrected chi connectivity index (χ4v) is 4.01. The second-order valence-electron chi connectivity index (χ2n) is 7.64. The number of hydrogen-bond donors (Lipinski definition) is 1. The minimum atomic E-state index is -0.747. The molecular weight excluding hydrogens is 330 g/mol. The van der Waals surface area contributed by atoms with Crippen LogP contribution in [-0.2, 0) is 9.53 Å². The second kappa shape index (κ2) is 9.38. The van der Waals surface area contributed by atoms with E-state index in [1.807, 2.05) is 6.07 Å². The summed E-state index contributed by atoms with van der Waals surface area (Å²) in [6.07, 6.45) is 6.81. The summed E-state index contributed by atoms with van der Waals surface area (Å²) in [5.74, 6) is 0.896. The number of morpholine rings is 1. The highest BCUT2D eigenvalue weighted by Gasteiger charge is 2.24. The first kappa shape index (κ1) is 19.2. The molecule has 0 amide bonds. The number of nitrogens with zero attached hydrogens (tertiary/aromatic N) is 1. The molecule has 1 aliphatic heterocycles. The molecule has 144 valence electrons. The zero-order valence-electron chi connectivity index (χ0n) is 15.8. The van der Waals surface area contributed by atoms with Gasteiger partial charge in [0, 0.05) is 19.6 Å². The van der Waals surface area contributed by atoms with Crippen molar-refractivity contribution in [3.05, 3.63) is 29.3 Å². The molecular formula is C21H31NO4. The molecule has 1 saturated carbocycles. The highest BCUT2D eigenvalue weighted by atomic mass is 16.5. The van der Waals surface area contributed by atoms with E-state index >= 15 is 0 Å². The van der Waals surface area contributed by atoms with Crippen molar-refractivity contribution in [3.63, 3.8) is 0 Å². The van der Waals surface area contributed by atoms with Crippen molar-refractivity contribution in [2.24, 2.45) is 5.92 Å². The van der Waals surface area contributed by atoms with Crippen LogP contribution in [0.25, 0.3) is 0 Å². The SMILES string of the molecule is Cc1cc(OCC2CCCCC2)ccc1C1CN(CCC(=O)O)CCO1. The van der Waals surface area contributed by atoms with Crippen LogP contribution < -0.4 is 4.74 Å². The van der Waals surface area contributed by atoms with Crippen molar-refractivity contribution in [1.82, 2.24) is 4.90 Å². The Morgan fingerprint density at radius 2 is 2.12 bits per heavy atom. The number of benzene rings is 1. The monoisotopic (exact) mass is 361 g/mol. The van der Waals surface area contributed by atoms with Crippen LogP contribution >= 0.6 is 0 Å². The molecule has 1 unspecified atom stereocenters. The lowest BCUT2D eigenvalue weighted by Crippen LogP contribution is -2.39. The quantitative estimate of drug-likeness (QED) is 0.800. The number of aryl methyl sites for hydroxylation is 1. The van der Waals surface area contributed by atoms with Crippen molar-refractivity contribution in [2.75, 3.05) is 32.8 Å². The Hall–Kier alpha value is -1.59. The van der Waals surface area contributed by atoms with Gasteiger partial charge in [0.1, 0.15) is 5.75 Å². The summed E-state index contributed by atoms with van der Waals surface area (Å²) in [5.41, 5.74) is 2.35. The molecule has 1 saturated heterocycles. The van der Waals surface area contributed by atoms with Gasteiger partial charge in [0.15, 0.2) is 0 Å². The average molecular weight is 361 g/mol. The van der Waals surface area contributed by atoms with Crippen LogP contribution in [-0.4, -0.2) is 48.8 Å². The van der Waals surface area contributed by atoms with Gasteiger partial charge in [0.05, 0.1) is 25.7 Å². The maximum atomic E-state index is 10.8. The molecule has 2 aliphatic rings. The van der Waals surface area contributed by atoms with Crippen molar-refractivity contribution in [2.45, 2.75) is 51.6 Å². The molecule has 5 nitrogen and oxygen atoms in total. The first-order valence-electron chi connectivity index (χ1n) is 9.91. The van der Waals surface area contributed by atoms with Gasteiger partial charge in [-0.2, -0.15) is 0 Å². The summed E-state index contributed by atoms with van der Waals surface area (Å²) in [4.78, 5) is 13.0. The van der Waals surface area contributed by atoms with E-state index in [0.29, 0.717) is 19.1 Å². The lowest BCUT2D eigenvalue weighted by atomic mass is 9.90. The third-order valence-electron chi connectivity index (χ3n) is 5.59. The molecule has 1 N–H and O–H groups in total. The lowest BCUT2D eigenvalue weighted by molar-refractivity contribution is -0.137. The van der Waals surface area contributed by atoms with E-state index in [1.54, 1.807) is 0 Å². The Balaban J connectivity index is 1.55. The van der Waals surface area contributed by atoms with Gasteiger partial charge in [-0.25, -0.2) is 0 Å². The van der Waals surface area contributed by atoms with Gasteiger partial charge in [-0.1, -0.05) is 25.3 Å². The Morgan fingerprint density at radius 1 is 1.31 bits per heavy atom. The van der Waals surface area contributed by atoms with Gasteiger partial charge < -0.3 is 14.6 Å². The Morgan fingerprint density at radius 3 is 2.85 bits per heavy atom. The third kappa shape index (κ3) is 5.45. The van der Waals surface area contributed by atoms with Gasteiger partial charge in [-0.05, 0) is 48.9 Å². The van der Waals surface area contributed by atoms with Crippen molar-refractivity contribution in [1.29, 1.82) is 0 Å². The van der Waals surface area contributed by atoms with Gasteiger partial charge in [0.2, 0.25) is 0 Å². The molecule has 3 rings (SSSR count). The molecule has 0 bridgehead atoms. The van der Waals surface area contributed by atoms with Gasteiger partial charge >= 0.3 is 5.97 Å². The maximum absolute atomic E-state index is 10.8. The Kier molecular flexibility index (Phi) is 6.92. The van der Waals surface area contributed by atoms with Crippen LogP contribution in [0.1, 0.15) is 55.8 Å². The number of carboxylic acids is 1. The van der Waals surface area contributed by atoms with E-state index in [9.17, 15) is 4.79 Å². The predicted octanol–water partition coefficient (Wildman–Crippen LogP) is 3.80. The standard InChI is InChI=1S/C21H31NO4/c1-16-13-18(26-15-17-5-3-2-4-6-17)7-8-19(16)20-14-22(11-12-25-20)10-9-21(23)24/h7-8,13,17,20H,2-6,9-12,14-15H2,1H3,(H,23,24). The largest absolute Gasteiger partial charge is 0.493 e. The predicted molar refractivity (Wildman–Crippen MR) is 101 cm³/mol. The van der Waals surface area contributed by atoms with E-state index in [4.69, 9.17) is 14.6 Å². The lowest BCUT2D eigenvalue weighted by Gasteiger charge is -2.33. The molecule has 0 radical (unpaired) electrons. The third-order valence-corrected chi connectivity index (χ3v) is 5.59. The number of ether oxygens (including phenoxy) is 2. The molecule has 1 aromatic carbocycles. The van der Waals surface area contributed by atoms with E-state index in [1.165, 1.54) is 43.2 Å². The topological polar surface area (TPSA) is 59.0 Å². The van der Waals surface area contributed by atoms with Crippen LogP contribution in [0.2, 0.25) is 0 Å². The fourth-order valence-electron chi connectivity index (χ4n) is 4.01. The Bertz CT molecular complexity index is 598. The summed E-state index contributed by atoms with van der Waals surface area (Å²) in [6.45, 7) is 5.69. The van der Waals surface area contributed by atoms with Gasteiger partial charge in [0.25, 0.3) is 0 Å². The van der Waals surface area contributed by atoms with Crippen LogP contribution in [0.3, 0.4) is 0 Å². The highest BCUT2D eigenvalue weighted by molar-refractivity contribution is 5.66. The minimum Gasteiger partial charge on any atom is -0.493 e. The summed E-state index contributed by atoms with van der Waals surface area (Å²) < 4.78 is 12.0.